The quantitative estimate of drug-likeness (QED) is 0.249. The Labute approximate surface area is 227 Å². The molecule has 2 aromatic carbocycles. The van der Waals surface area contributed by atoms with E-state index in [1.807, 2.05) is 25.1 Å². The summed E-state index contributed by atoms with van der Waals surface area (Å²) in [6.45, 7) is 7.08. The van der Waals surface area contributed by atoms with Crippen molar-refractivity contribution in [1.29, 1.82) is 0 Å². The number of ether oxygens (including phenoxy) is 2. The standard InChI is InChI=1S/C28H26FN5O4S/c1-14-6-18-8-20(37-5)13-32-26(18)21(7-14)27-33-23-9-22(29)24(10-25(23)39-27)38-16(3)15(2)34(28(35)36)19-11-30-17(4)31-12-19/h6-13,15-16H,1-5H3,(H,35,36)/t15-,16+/m1/s1. The Hall–Kier alpha value is -4.38. The number of hydrogen-bond donors (Lipinski definition) is 1. The number of nitrogens with zero attached hydrogens (tertiary/aromatic N) is 5. The monoisotopic (exact) mass is 547 g/mol. The summed E-state index contributed by atoms with van der Waals surface area (Å²) in [6.07, 6.45) is 2.65. The van der Waals surface area contributed by atoms with Crippen molar-refractivity contribution >= 4 is 44.2 Å². The number of aromatic nitrogens is 4. The zero-order valence-electron chi connectivity index (χ0n) is 22.0. The molecule has 2 atom stereocenters. The van der Waals surface area contributed by atoms with Crippen LogP contribution >= 0.6 is 11.3 Å². The van der Waals surface area contributed by atoms with Crippen molar-refractivity contribution in [3.8, 4) is 22.1 Å². The van der Waals surface area contributed by atoms with Gasteiger partial charge in [-0.05, 0) is 51.5 Å². The van der Waals surface area contributed by atoms with Crippen LogP contribution < -0.4 is 14.4 Å². The number of pyridine rings is 1. The third-order valence-corrected chi connectivity index (χ3v) is 7.51. The number of benzene rings is 2. The first-order chi connectivity index (χ1) is 18.6. The highest BCUT2D eigenvalue weighted by Crippen LogP contribution is 2.38. The SMILES string of the molecule is COc1cnc2c(-c3nc4cc(F)c(O[C@@H](C)[C@@H](C)N(C(=O)O)c5cnc(C)nc5)cc4s3)cc(C)cc2c1. The zero-order valence-corrected chi connectivity index (χ0v) is 22.8. The lowest BCUT2D eigenvalue weighted by atomic mass is 10.1. The van der Waals surface area contributed by atoms with E-state index in [0.29, 0.717) is 27.8 Å². The third kappa shape index (κ3) is 5.17. The fourth-order valence-corrected chi connectivity index (χ4v) is 5.32. The van der Waals surface area contributed by atoms with Crippen molar-refractivity contribution in [1.82, 2.24) is 19.9 Å². The highest BCUT2D eigenvalue weighted by molar-refractivity contribution is 7.21. The van der Waals surface area contributed by atoms with Crippen LogP contribution in [0.15, 0.2) is 48.9 Å². The lowest BCUT2D eigenvalue weighted by Gasteiger charge is -2.30. The molecule has 0 radical (unpaired) electrons. The molecule has 5 rings (SSSR count). The van der Waals surface area contributed by atoms with Crippen LogP contribution in [-0.4, -0.2) is 50.4 Å². The predicted molar refractivity (Wildman–Crippen MR) is 148 cm³/mol. The van der Waals surface area contributed by atoms with E-state index >= 15 is 4.39 Å². The summed E-state index contributed by atoms with van der Waals surface area (Å²) >= 11 is 1.40. The van der Waals surface area contributed by atoms with E-state index in [0.717, 1.165) is 31.6 Å². The van der Waals surface area contributed by atoms with Crippen molar-refractivity contribution < 1.29 is 23.8 Å². The van der Waals surface area contributed by atoms with Crippen molar-refractivity contribution in [2.24, 2.45) is 0 Å². The molecule has 3 aromatic heterocycles. The maximum atomic E-state index is 15.1. The summed E-state index contributed by atoms with van der Waals surface area (Å²) in [4.78, 5) is 30.6. The average molecular weight is 548 g/mol. The van der Waals surface area contributed by atoms with E-state index in [1.165, 1.54) is 29.8 Å². The molecule has 0 unspecified atom stereocenters. The number of rotatable bonds is 7. The topological polar surface area (TPSA) is 111 Å². The number of fused-ring (bicyclic) bond motifs is 2. The number of carboxylic acid groups (broad SMARTS) is 1. The van der Waals surface area contributed by atoms with Crippen LogP contribution in [0, 0.1) is 19.7 Å². The smallest absolute Gasteiger partial charge is 0.412 e. The lowest BCUT2D eigenvalue weighted by molar-refractivity contribution is 0.167. The van der Waals surface area contributed by atoms with Crippen molar-refractivity contribution in [2.45, 2.75) is 39.8 Å². The molecule has 200 valence electrons. The number of thiazole rings is 1. The van der Waals surface area contributed by atoms with Gasteiger partial charge < -0.3 is 14.6 Å². The Balaban J connectivity index is 1.46. The van der Waals surface area contributed by atoms with E-state index in [9.17, 15) is 9.90 Å². The number of carbonyl (C=O) groups is 1. The molecule has 0 saturated carbocycles. The van der Waals surface area contributed by atoms with E-state index in [2.05, 4.69) is 19.9 Å². The first-order valence-electron chi connectivity index (χ1n) is 12.2. The van der Waals surface area contributed by atoms with E-state index in [-0.39, 0.29) is 5.75 Å². The molecule has 39 heavy (non-hydrogen) atoms. The Morgan fingerprint density at radius 1 is 1.05 bits per heavy atom. The normalized spacial score (nSPS) is 12.9. The summed E-state index contributed by atoms with van der Waals surface area (Å²) < 4.78 is 27.1. The molecule has 11 heteroatoms. The lowest BCUT2D eigenvalue weighted by Crippen LogP contribution is -2.46. The van der Waals surface area contributed by atoms with Crippen molar-refractivity contribution in [2.75, 3.05) is 12.0 Å². The van der Waals surface area contributed by atoms with E-state index in [4.69, 9.17) is 9.47 Å². The molecule has 0 saturated heterocycles. The van der Waals surface area contributed by atoms with E-state index in [1.54, 1.807) is 40.1 Å². The summed E-state index contributed by atoms with van der Waals surface area (Å²) in [5, 5.41) is 11.5. The van der Waals surface area contributed by atoms with E-state index < -0.39 is 24.1 Å². The summed E-state index contributed by atoms with van der Waals surface area (Å²) in [6, 6.07) is 8.22. The molecule has 0 spiro atoms. The minimum Gasteiger partial charge on any atom is -0.495 e. The van der Waals surface area contributed by atoms with Crippen LogP contribution in [-0.2, 0) is 0 Å². The Morgan fingerprint density at radius 3 is 2.49 bits per heavy atom. The summed E-state index contributed by atoms with van der Waals surface area (Å²) in [5.41, 5.74) is 3.44. The second-order valence-electron chi connectivity index (χ2n) is 9.23. The minimum atomic E-state index is -1.19. The van der Waals surface area contributed by atoms with Crippen LogP contribution in [0.1, 0.15) is 25.2 Å². The molecule has 1 N–H and O–H groups in total. The molecule has 3 heterocycles. The first-order valence-corrected chi connectivity index (χ1v) is 13.0. The molecule has 1 amide bonds. The number of anilines is 1. The predicted octanol–water partition coefficient (Wildman–Crippen LogP) is 6.41. The molecule has 0 fully saturated rings. The highest BCUT2D eigenvalue weighted by atomic mass is 32.1. The van der Waals surface area contributed by atoms with Gasteiger partial charge in [-0.1, -0.05) is 0 Å². The molecule has 0 aliphatic heterocycles. The maximum absolute atomic E-state index is 15.1. The molecular weight excluding hydrogens is 521 g/mol. The second-order valence-corrected chi connectivity index (χ2v) is 10.3. The fraction of sp³-hybridized carbons (Fsp3) is 0.250. The molecule has 0 aliphatic rings. The van der Waals surface area contributed by atoms with Gasteiger partial charge in [0.1, 0.15) is 22.7 Å². The zero-order chi connectivity index (χ0) is 27.8. The first kappa shape index (κ1) is 26.2. The largest absolute Gasteiger partial charge is 0.495 e. The van der Waals surface area contributed by atoms with Gasteiger partial charge in [0.05, 0.1) is 53.2 Å². The van der Waals surface area contributed by atoms with Gasteiger partial charge in [0.2, 0.25) is 0 Å². The van der Waals surface area contributed by atoms with Gasteiger partial charge in [0.25, 0.3) is 0 Å². The van der Waals surface area contributed by atoms with Gasteiger partial charge in [-0.25, -0.2) is 24.1 Å². The van der Waals surface area contributed by atoms with Crippen LogP contribution in [0.4, 0.5) is 14.9 Å². The highest BCUT2D eigenvalue weighted by Gasteiger charge is 2.29. The molecule has 0 bridgehead atoms. The number of halogens is 1. The number of hydrogen-bond acceptors (Lipinski definition) is 8. The molecular formula is C28H26FN5O4S. The number of aryl methyl sites for hydroxylation is 2. The van der Waals surface area contributed by atoms with Crippen LogP contribution in [0.5, 0.6) is 11.5 Å². The molecule has 5 aromatic rings. The summed E-state index contributed by atoms with van der Waals surface area (Å²) in [5.74, 6) is 0.608. The second kappa shape index (κ2) is 10.4. The van der Waals surface area contributed by atoms with Crippen LogP contribution in [0.25, 0.3) is 31.7 Å². The third-order valence-electron chi connectivity index (χ3n) is 6.46. The Kier molecular flexibility index (Phi) is 7.00. The molecule has 0 aliphatic carbocycles. The maximum Gasteiger partial charge on any atom is 0.412 e. The Bertz CT molecular complexity index is 1690. The van der Waals surface area contributed by atoms with Crippen molar-refractivity contribution in [3.63, 3.8) is 0 Å². The van der Waals surface area contributed by atoms with Gasteiger partial charge >= 0.3 is 6.09 Å². The van der Waals surface area contributed by atoms with Gasteiger partial charge in [-0.2, -0.15) is 0 Å². The van der Waals surface area contributed by atoms with Crippen molar-refractivity contribution in [3.05, 3.63) is 66.1 Å². The number of methoxy groups -OCH3 is 1. The fourth-order valence-electron chi connectivity index (χ4n) is 4.33. The average Bonchev–Trinajstić information content (AvgIpc) is 3.31. The Morgan fingerprint density at radius 2 is 1.79 bits per heavy atom. The van der Waals surface area contributed by atoms with Gasteiger partial charge in [0, 0.05) is 23.1 Å². The molecule has 9 nitrogen and oxygen atoms in total. The van der Waals surface area contributed by atoms with Gasteiger partial charge in [0.15, 0.2) is 11.6 Å². The van der Waals surface area contributed by atoms with Crippen LogP contribution in [0.3, 0.4) is 0 Å². The summed E-state index contributed by atoms with van der Waals surface area (Å²) in [7, 11) is 1.60. The number of amides is 1. The van der Waals surface area contributed by atoms with Gasteiger partial charge in [-0.15, -0.1) is 11.3 Å². The van der Waals surface area contributed by atoms with Crippen LogP contribution in [0.2, 0.25) is 0 Å². The minimum absolute atomic E-state index is 0.0134. The van der Waals surface area contributed by atoms with Gasteiger partial charge in [-0.3, -0.25) is 9.88 Å².